The minimum absolute atomic E-state index is 0.107. The highest BCUT2D eigenvalue weighted by Gasteiger charge is 2.24. The van der Waals surface area contributed by atoms with E-state index < -0.39 is 0 Å². The molecule has 0 aromatic heterocycles. The summed E-state index contributed by atoms with van der Waals surface area (Å²) in [5, 5.41) is 3.04. The van der Waals surface area contributed by atoms with E-state index in [-0.39, 0.29) is 5.82 Å². The van der Waals surface area contributed by atoms with Crippen LogP contribution in [0.5, 0.6) is 0 Å². The molecule has 1 aromatic carbocycles. The van der Waals surface area contributed by atoms with Gasteiger partial charge in [-0.3, -0.25) is 4.90 Å². The van der Waals surface area contributed by atoms with Crippen LogP contribution in [0.4, 0.5) is 10.1 Å². The van der Waals surface area contributed by atoms with Crippen molar-refractivity contribution in [2.75, 3.05) is 38.1 Å². The summed E-state index contributed by atoms with van der Waals surface area (Å²) in [6, 6.07) is 6.04. The Balaban J connectivity index is 2.10. The van der Waals surface area contributed by atoms with Crippen molar-refractivity contribution in [1.82, 2.24) is 10.2 Å². The van der Waals surface area contributed by atoms with Gasteiger partial charge in [0.2, 0.25) is 0 Å². The number of halogens is 1. The van der Waals surface area contributed by atoms with Crippen LogP contribution in [0.25, 0.3) is 0 Å². The van der Waals surface area contributed by atoms with E-state index in [0.29, 0.717) is 12.6 Å². The molecular formula is C15H24FN3. The SMILES string of the molecule is CCN1CCN(c2ccc(CNC)cc2F)CC1C. The van der Waals surface area contributed by atoms with Crippen LogP contribution in [-0.2, 0) is 6.54 Å². The molecule has 1 heterocycles. The van der Waals surface area contributed by atoms with Crippen molar-refractivity contribution in [2.24, 2.45) is 0 Å². The van der Waals surface area contributed by atoms with E-state index in [9.17, 15) is 4.39 Å². The third-order valence-electron chi connectivity index (χ3n) is 3.90. The molecule has 0 bridgehead atoms. The average Bonchev–Trinajstić information content (AvgIpc) is 2.39. The normalized spacial score (nSPS) is 20.8. The zero-order chi connectivity index (χ0) is 13.8. The van der Waals surface area contributed by atoms with E-state index >= 15 is 0 Å². The van der Waals surface area contributed by atoms with E-state index in [1.807, 2.05) is 19.2 Å². The summed E-state index contributed by atoms with van der Waals surface area (Å²) in [5.74, 6) is -0.107. The lowest BCUT2D eigenvalue weighted by Crippen LogP contribution is -2.51. The standard InChI is InChI=1S/C15H24FN3/c1-4-18-7-8-19(11-12(18)2)15-6-5-13(10-17-3)9-14(15)16/h5-6,9,12,17H,4,7-8,10-11H2,1-3H3. The minimum atomic E-state index is -0.107. The summed E-state index contributed by atoms with van der Waals surface area (Å²) in [5.41, 5.74) is 1.73. The number of hydrogen-bond acceptors (Lipinski definition) is 3. The van der Waals surface area contributed by atoms with Crippen molar-refractivity contribution in [3.63, 3.8) is 0 Å². The molecule has 1 unspecified atom stereocenters. The van der Waals surface area contributed by atoms with Crippen LogP contribution in [0.2, 0.25) is 0 Å². The highest BCUT2D eigenvalue weighted by Crippen LogP contribution is 2.23. The summed E-state index contributed by atoms with van der Waals surface area (Å²) >= 11 is 0. The van der Waals surface area contributed by atoms with Gasteiger partial charge in [0.15, 0.2) is 0 Å². The predicted molar refractivity (Wildman–Crippen MR) is 78.1 cm³/mol. The zero-order valence-corrected chi connectivity index (χ0v) is 12.1. The smallest absolute Gasteiger partial charge is 0.146 e. The Morgan fingerprint density at radius 3 is 2.74 bits per heavy atom. The Hall–Kier alpha value is -1.13. The van der Waals surface area contributed by atoms with Gasteiger partial charge in [0.05, 0.1) is 5.69 Å². The number of rotatable bonds is 4. The van der Waals surface area contributed by atoms with Crippen molar-refractivity contribution < 1.29 is 4.39 Å². The number of likely N-dealkylation sites (N-methyl/N-ethyl adjacent to an activating group) is 1. The number of nitrogens with one attached hydrogen (secondary N) is 1. The molecule has 0 aliphatic carbocycles. The number of piperazine rings is 1. The van der Waals surface area contributed by atoms with Crippen LogP contribution >= 0.6 is 0 Å². The van der Waals surface area contributed by atoms with Gasteiger partial charge in [-0.25, -0.2) is 4.39 Å². The number of anilines is 1. The molecule has 0 amide bonds. The molecule has 1 aromatic rings. The first-order valence-corrected chi connectivity index (χ1v) is 7.07. The van der Waals surface area contributed by atoms with Gasteiger partial charge in [-0.2, -0.15) is 0 Å². The third-order valence-corrected chi connectivity index (χ3v) is 3.90. The van der Waals surface area contributed by atoms with Gasteiger partial charge in [-0.15, -0.1) is 0 Å². The fraction of sp³-hybridized carbons (Fsp3) is 0.600. The molecule has 1 N–H and O–H groups in total. The van der Waals surface area contributed by atoms with Gasteiger partial charge in [-0.05, 0) is 38.2 Å². The Bertz CT molecular complexity index is 422. The summed E-state index contributed by atoms with van der Waals surface area (Å²) in [6.07, 6.45) is 0. The van der Waals surface area contributed by atoms with E-state index in [0.717, 1.165) is 37.4 Å². The minimum Gasteiger partial charge on any atom is -0.366 e. The second-order valence-electron chi connectivity index (χ2n) is 5.24. The second kappa shape index (κ2) is 6.35. The quantitative estimate of drug-likeness (QED) is 0.899. The topological polar surface area (TPSA) is 18.5 Å². The van der Waals surface area contributed by atoms with Gasteiger partial charge >= 0.3 is 0 Å². The van der Waals surface area contributed by atoms with Crippen molar-refractivity contribution in [1.29, 1.82) is 0 Å². The predicted octanol–water partition coefficient (Wildman–Crippen LogP) is 2.08. The maximum atomic E-state index is 14.2. The molecule has 0 saturated carbocycles. The van der Waals surface area contributed by atoms with E-state index in [1.54, 1.807) is 6.07 Å². The molecule has 2 rings (SSSR count). The summed E-state index contributed by atoms with van der Waals surface area (Å²) < 4.78 is 14.2. The van der Waals surface area contributed by atoms with Gasteiger partial charge in [0, 0.05) is 32.2 Å². The molecule has 0 radical (unpaired) electrons. The fourth-order valence-corrected chi connectivity index (χ4v) is 2.80. The number of hydrogen-bond donors (Lipinski definition) is 1. The lowest BCUT2D eigenvalue weighted by molar-refractivity contribution is 0.199. The first-order valence-electron chi connectivity index (χ1n) is 7.07. The van der Waals surface area contributed by atoms with E-state index in [4.69, 9.17) is 0 Å². The highest BCUT2D eigenvalue weighted by molar-refractivity contribution is 5.49. The Kier molecular flexibility index (Phi) is 4.77. The van der Waals surface area contributed by atoms with E-state index in [1.165, 1.54) is 0 Å². The molecule has 3 nitrogen and oxygen atoms in total. The van der Waals surface area contributed by atoms with Crippen LogP contribution in [0.15, 0.2) is 18.2 Å². The van der Waals surface area contributed by atoms with Crippen molar-refractivity contribution in [2.45, 2.75) is 26.4 Å². The van der Waals surface area contributed by atoms with Gasteiger partial charge in [0.1, 0.15) is 5.82 Å². The second-order valence-corrected chi connectivity index (χ2v) is 5.24. The summed E-state index contributed by atoms with van der Waals surface area (Å²) in [4.78, 5) is 4.60. The first kappa shape index (κ1) is 14.3. The molecule has 1 fully saturated rings. The molecule has 19 heavy (non-hydrogen) atoms. The Labute approximate surface area is 115 Å². The monoisotopic (exact) mass is 265 g/mol. The lowest BCUT2D eigenvalue weighted by Gasteiger charge is -2.40. The molecule has 4 heteroatoms. The Morgan fingerprint density at radius 1 is 1.37 bits per heavy atom. The number of nitrogens with zero attached hydrogens (tertiary/aromatic N) is 2. The molecule has 1 atom stereocenters. The van der Waals surface area contributed by atoms with Crippen LogP contribution in [0, 0.1) is 5.82 Å². The summed E-state index contributed by atoms with van der Waals surface area (Å²) in [6.45, 7) is 8.98. The maximum Gasteiger partial charge on any atom is 0.146 e. The van der Waals surface area contributed by atoms with Gasteiger partial charge < -0.3 is 10.2 Å². The van der Waals surface area contributed by atoms with Crippen molar-refractivity contribution in [3.05, 3.63) is 29.6 Å². The van der Waals surface area contributed by atoms with Crippen LogP contribution < -0.4 is 10.2 Å². The Morgan fingerprint density at radius 2 is 2.16 bits per heavy atom. The molecular weight excluding hydrogens is 241 g/mol. The van der Waals surface area contributed by atoms with Crippen LogP contribution in [-0.4, -0.2) is 44.2 Å². The molecule has 1 aliphatic heterocycles. The maximum absolute atomic E-state index is 14.2. The largest absolute Gasteiger partial charge is 0.366 e. The highest BCUT2D eigenvalue weighted by atomic mass is 19.1. The fourth-order valence-electron chi connectivity index (χ4n) is 2.80. The average molecular weight is 265 g/mol. The molecule has 106 valence electrons. The molecule has 0 spiro atoms. The van der Waals surface area contributed by atoms with E-state index in [2.05, 4.69) is 29.0 Å². The van der Waals surface area contributed by atoms with Crippen LogP contribution in [0.1, 0.15) is 19.4 Å². The van der Waals surface area contributed by atoms with Gasteiger partial charge in [0.25, 0.3) is 0 Å². The lowest BCUT2D eigenvalue weighted by atomic mass is 10.1. The first-order chi connectivity index (χ1) is 9.15. The number of benzene rings is 1. The zero-order valence-electron chi connectivity index (χ0n) is 12.1. The molecule has 1 saturated heterocycles. The third kappa shape index (κ3) is 3.25. The molecule has 1 aliphatic rings. The summed E-state index contributed by atoms with van der Waals surface area (Å²) in [7, 11) is 1.87. The van der Waals surface area contributed by atoms with Crippen molar-refractivity contribution in [3.8, 4) is 0 Å². The van der Waals surface area contributed by atoms with Gasteiger partial charge in [-0.1, -0.05) is 13.0 Å². The van der Waals surface area contributed by atoms with Crippen molar-refractivity contribution >= 4 is 5.69 Å². The van der Waals surface area contributed by atoms with Crippen LogP contribution in [0.3, 0.4) is 0 Å².